The van der Waals surface area contributed by atoms with Crippen molar-refractivity contribution in [2.45, 2.75) is 38.1 Å². The Morgan fingerprint density at radius 3 is 2.62 bits per heavy atom. The molecule has 8 heteroatoms. The molecule has 0 saturated carbocycles. The van der Waals surface area contributed by atoms with Gasteiger partial charge in [0, 0.05) is 37.2 Å². The molecule has 1 saturated heterocycles. The van der Waals surface area contributed by atoms with Crippen molar-refractivity contribution in [1.29, 1.82) is 0 Å². The van der Waals surface area contributed by atoms with Crippen LogP contribution in [0.25, 0.3) is 0 Å². The molecule has 1 aliphatic heterocycles. The smallest absolute Gasteiger partial charge is 0.268 e. The van der Waals surface area contributed by atoms with Gasteiger partial charge in [-0.05, 0) is 49.5 Å². The molecular weight excluding hydrogens is 377 g/mol. The Morgan fingerprint density at radius 2 is 2.03 bits per heavy atom. The number of likely N-dealkylation sites (tertiary alicyclic amines) is 1. The second kappa shape index (κ2) is 11.2. The molecule has 1 aromatic carbocycles. The summed E-state index contributed by atoms with van der Waals surface area (Å²) in [5.41, 5.74) is 2.34. The predicted molar refractivity (Wildman–Crippen MR) is 105 cm³/mol. The Morgan fingerprint density at radius 1 is 1.31 bits per heavy atom. The molecule has 2 rings (SSSR count). The number of rotatable bonds is 6. The topological polar surface area (TPSA) is 102 Å². The molecule has 4 N–H and O–H groups in total. The van der Waals surface area contributed by atoms with Crippen LogP contribution in [-0.4, -0.2) is 65.0 Å². The zero-order chi connectivity index (χ0) is 21.2. The van der Waals surface area contributed by atoms with E-state index in [0.717, 1.165) is 13.1 Å². The minimum atomic E-state index is -1.28. The van der Waals surface area contributed by atoms with Gasteiger partial charge in [-0.25, -0.2) is 9.87 Å². The van der Waals surface area contributed by atoms with Crippen LogP contribution in [0.1, 0.15) is 35.7 Å². The monoisotopic (exact) mass is 401 g/mol. The number of aliphatic hydroxyl groups is 1. The molecule has 154 valence electrons. The molecule has 1 heterocycles. The zero-order valence-electron chi connectivity index (χ0n) is 16.1. The van der Waals surface area contributed by atoms with Gasteiger partial charge >= 0.3 is 0 Å². The summed E-state index contributed by atoms with van der Waals surface area (Å²) in [5.74, 6) is 9.82. The maximum absolute atomic E-state index is 13.1. The Labute approximate surface area is 169 Å². The third-order valence-corrected chi connectivity index (χ3v) is 4.43. The predicted octanol–water partition coefficient (Wildman–Crippen LogP) is 0.460. The summed E-state index contributed by atoms with van der Waals surface area (Å²) in [6.45, 7) is 3.32. The first kappa shape index (κ1) is 22.4. The highest BCUT2D eigenvalue weighted by molar-refractivity contribution is 5.97. The molecule has 3 atom stereocenters. The largest absolute Gasteiger partial charge is 0.391 e. The van der Waals surface area contributed by atoms with Crippen molar-refractivity contribution in [3.63, 3.8) is 0 Å². The van der Waals surface area contributed by atoms with E-state index in [1.165, 1.54) is 24.5 Å². The number of carbonyl (C=O) groups excluding carboxylic acids is 2. The van der Waals surface area contributed by atoms with Crippen molar-refractivity contribution in [2.24, 2.45) is 0 Å². The van der Waals surface area contributed by atoms with Crippen LogP contribution in [0.4, 0.5) is 4.39 Å². The number of nitrogens with zero attached hydrogens (tertiary/aromatic N) is 1. The quantitative estimate of drug-likeness (QED) is 0.315. The number of hydrogen-bond acceptors (Lipinski definition) is 5. The van der Waals surface area contributed by atoms with E-state index in [2.05, 4.69) is 29.0 Å². The number of nitrogens with one attached hydrogen (secondary N) is 2. The zero-order valence-corrected chi connectivity index (χ0v) is 16.1. The second-order valence-corrected chi connectivity index (χ2v) is 6.73. The molecule has 1 aliphatic rings. The number of halogens is 1. The molecule has 1 fully saturated rings. The summed E-state index contributed by atoms with van der Waals surface area (Å²) >= 11 is 0. The van der Waals surface area contributed by atoms with Gasteiger partial charge in [-0.15, -0.1) is 0 Å². The third kappa shape index (κ3) is 7.20. The molecular formula is C21H24FN3O4. The van der Waals surface area contributed by atoms with Crippen molar-refractivity contribution in [2.75, 3.05) is 19.6 Å². The standard InChI is InChI=1S/C21H24FN3O4/c1-15(26)19(21(28)24-29)23-20(27)17-9-7-16(8-10-17)6-4-2-3-5-12-25-13-11-18(22)14-25/h7-10,15,18-19,26,29H,5,11-14H2,1H3,(H,23,27)(H,24,28)/t15-,18?,19+/m1/s1. The number of aliphatic hydroxyl groups excluding tert-OH is 1. The van der Waals surface area contributed by atoms with E-state index in [4.69, 9.17) is 5.21 Å². The van der Waals surface area contributed by atoms with Crippen LogP contribution in [0.15, 0.2) is 24.3 Å². The number of carbonyl (C=O) groups is 2. The van der Waals surface area contributed by atoms with E-state index in [-0.39, 0.29) is 5.56 Å². The number of hydrogen-bond donors (Lipinski definition) is 4. The first-order valence-corrected chi connectivity index (χ1v) is 9.29. The van der Waals surface area contributed by atoms with Crippen molar-refractivity contribution < 1.29 is 24.3 Å². The van der Waals surface area contributed by atoms with E-state index in [9.17, 15) is 19.1 Å². The molecule has 2 amide bonds. The van der Waals surface area contributed by atoms with Gasteiger partial charge in [0.1, 0.15) is 12.2 Å². The summed E-state index contributed by atoms with van der Waals surface area (Å²) in [5, 5.41) is 20.6. The Hall–Kier alpha value is -2.91. The van der Waals surface area contributed by atoms with Gasteiger partial charge < -0.3 is 10.4 Å². The first-order valence-electron chi connectivity index (χ1n) is 9.29. The maximum Gasteiger partial charge on any atom is 0.268 e. The molecule has 29 heavy (non-hydrogen) atoms. The number of amides is 2. The van der Waals surface area contributed by atoms with Gasteiger partial charge in [-0.1, -0.05) is 11.8 Å². The fourth-order valence-electron chi connectivity index (χ4n) is 2.82. The lowest BCUT2D eigenvalue weighted by Gasteiger charge is -2.19. The summed E-state index contributed by atoms with van der Waals surface area (Å²) in [4.78, 5) is 25.7. The Kier molecular flexibility index (Phi) is 8.63. The van der Waals surface area contributed by atoms with Crippen molar-refractivity contribution >= 4 is 11.8 Å². The van der Waals surface area contributed by atoms with Crippen LogP contribution in [0.2, 0.25) is 0 Å². The highest BCUT2D eigenvalue weighted by Crippen LogP contribution is 2.11. The molecule has 0 spiro atoms. The fourth-order valence-corrected chi connectivity index (χ4v) is 2.82. The summed E-state index contributed by atoms with van der Waals surface area (Å²) in [6.07, 6.45) is -0.682. The molecule has 1 aromatic rings. The normalized spacial score (nSPS) is 17.9. The Balaban J connectivity index is 1.85. The van der Waals surface area contributed by atoms with E-state index < -0.39 is 30.1 Å². The first-order chi connectivity index (χ1) is 13.9. The van der Waals surface area contributed by atoms with Gasteiger partial charge in [-0.2, -0.15) is 0 Å². The fraction of sp³-hybridized carbons (Fsp3) is 0.429. The van der Waals surface area contributed by atoms with Crippen LogP contribution in [0.5, 0.6) is 0 Å². The molecule has 0 aliphatic carbocycles. The van der Waals surface area contributed by atoms with Crippen molar-refractivity contribution in [3.05, 3.63) is 35.4 Å². The summed E-state index contributed by atoms with van der Waals surface area (Å²) in [6, 6.07) is 5.06. The van der Waals surface area contributed by atoms with E-state index in [1.54, 1.807) is 12.1 Å². The molecule has 0 bridgehead atoms. The maximum atomic E-state index is 13.1. The van der Waals surface area contributed by atoms with Crippen LogP contribution < -0.4 is 10.8 Å². The molecule has 0 aromatic heterocycles. The van der Waals surface area contributed by atoms with Crippen molar-refractivity contribution in [3.8, 4) is 23.7 Å². The molecule has 0 radical (unpaired) electrons. The van der Waals surface area contributed by atoms with Gasteiger partial charge in [-0.3, -0.25) is 19.7 Å². The van der Waals surface area contributed by atoms with Gasteiger partial charge in [0.25, 0.3) is 11.8 Å². The summed E-state index contributed by atoms with van der Waals surface area (Å²) in [7, 11) is 0. The highest BCUT2D eigenvalue weighted by atomic mass is 19.1. The summed E-state index contributed by atoms with van der Waals surface area (Å²) < 4.78 is 13.1. The number of hydroxylamine groups is 1. The lowest BCUT2D eigenvalue weighted by atomic mass is 10.1. The van der Waals surface area contributed by atoms with Crippen LogP contribution >= 0.6 is 0 Å². The highest BCUT2D eigenvalue weighted by Gasteiger charge is 2.25. The lowest BCUT2D eigenvalue weighted by Crippen LogP contribution is -2.51. The van der Waals surface area contributed by atoms with Crippen LogP contribution in [-0.2, 0) is 4.79 Å². The SMILES string of the molecule is C[C@@H](O)[C@H](NC(=O)c1ccc(C#CC#CCCN2CCC(F)C2)cc1)C(=O)NO. The van der Waals surface area contributed by atoms with Gasteiger partial charge in [0.15, 0.2) is 0 Å². The average molecular weight is 401 g/mol. The average Bonchev–Trinajstić information content (AvgIpc) is 3.13. The van der Waals surface area contributed by atoms with Crippen LogP contribution in [0.3, 0.4) is 0 Å². The number of benzene rings is 1. The van der Waals surface area contributed by atoms with E-state index in [1.807, 2.05) is 4.90 Å². The minimum absolute atomic E-state index is 0.273. The van der Waals surface area contributed by atoms with E-state index in [0.29, 0.717) is 24.9 Å². The third-order valence-electron chi connectivity index (χ3n) is 4.43. The molecule has 1 unspecified atom stereocenters. The van der Waals surface area contributed by atoms with Gasteiger partial charge in [0.2, 0.25) is 0 Å². The lowest BCUT2D eigenvalue weighted by molar-refractivity contribution is -0.133. The molecule has 7 nitrogen and oxygen atoms in total. The van der Waals surface area contributed by atoms with Crippen molar-refractivity contribution in [1.82, 2.24) is 15.7 Å². The second-order valence-electron chi connectivity index (χ2n) is 6.73. The Bertz CT molecular complexity index is 833. The minimum Gasteiger partial charge on any atom is -0.391 e. The van der Waals surface area contributed by atoms with Gasteiger partial charge in [0.05, 0.1) is 6.10 Å². The number of alkyl halides is 1. The van der Waals surface area contributed by atoms with E-state index >= 15 is 0 Å². The van der Waals surface area contributed by atoms with Crippen LogP contribution in [0, 0.1) is 23.7 Å².